The molecular weight excluding hydrogens is 328 g/mol. The molecule has 1 fully saturated rings. The summed E-state index contributed by atoms with van der Waals surface area (Å²) < 4.78 is 52.6. The largest absolute Gasteiger partial charge is 0.481 e. The van der Waals surface area contributed by atoms with Crippen LogP contribution in [0.5, 0.6) is 0 Å². The molecule has 1 aromatic carbocycles. The molecular formula is C12H12ClF2NO4S. The number of sulfonamides is 1. The van der Waals surface area contributed by atoms with Crippen molar-refractivity contribution < 1.29 is 27.1 Å². The predicted molar refractivity (Wildman–Crippen MR) is 70.4 cm³/mol. The van der Waals surface area contributed by atoms with Gasteiger partial charge in [-0.05, 0) is 18.1 Å². The molecule has 1 aliphatic heterocycles. The van der Waals surface area contributed by atoms with Crippen molar-refractivity contribution in [3.8, 4) is 0 Å². The molecule has 21 heavy (non-hydrogen) atoms. The smallest absolute Gasteiger partial charge is 0.308 e. The Morgan fingerprint density at radius 3 is 2.52 bits per heavy atom. The van der Waals surface area contributed by atoms with Crippen molar-refractivity contribution in [3.63, 3.8) is 0 Å². The van der Waals surface area contributed by atoms with Crippen molar-refractivity contribution in [1.29, 1.82) is 0 Å². The first-order valence-electron chi connectivity index (χ1n) is 6.02. The normalized spacial score (nSPS) is 23.4. The van der Waals surface area contributed by atoms with Gasteiger partial charge in [0.2, 0.25) is 10.0 Å². The summed E-state index contributed by atoms with van der Waals surface area (Å²) in [6, 6.07) is 1.67. The zero-order valence-corrected chi connectivity index (χ0v) is 12.5. The van der Waals surface area contributed by atoms with E-state index in [1.807, 2.05) is 0 Å². The Morgan fingerprint density at radius 1 is 1.38 bits per heavy atom. The molecule has 0 amide bonds. The predicted octanol–water partition coefficient (Wildman–Crippen LogP) is 1.96. The number of carbonyl (C=O) groups is 1. The van der Waals surface area contributed by atoms with Crippen LogP contribution in [0.4, 0.5) is 8.78 Å². The Kier molecular flexibility index (Phi) is 4.23. The van der Waals surface area contributed by atoms with E-state index in [-0.39, 0.29) is 13.1 Å². The van der Waals surface area contributed by atoms with Gasteiger partial charge in [0, 0.05) is 13.1 Å². The fourth-order valence-electron chi connectivity index (χ4n) is 2.31. The highest BCUT2D eigenvalue weighted by Crippen LogP contribution is 2.33. The first kappa shape index (κ1) is 16.1. The Bertz CT molecular complexity index is 695. The van der Waals surface area contributed by atoms with Crippen molar-refractivity contribution >= 4 is 27.6 Å². The lowest BCUT2D eigenvalue weighted by atomic mass is 9.99. The monoisotopic (exact) mass is 339 g/mol. The maximum absolute atomic E-state index is 13.8. The molecule has 0 aromatic heterocycles. The summed E-state index contributed by atoms with van der Waals surface area (Å²) in [6.07, 6.45) is 0. The van der Waals surface area contributed by atoms with E-state index in [0.717, 1.165) is 16.4 Å². The third-order valence-electron chi connectivity index (χ3n) is 3.50. The number of benzene rings is 1. The second-order valence-corrected chi connectivity index (χ2v) is 7.20. The summed E-state index contributed by atoms with van der Waals surface area (Å²) in [7, 11) is -4.40. The molecule has 0 unspecified atom stereocenters. The Morgan fingerprint density at radius 2 is 2.00 bits per heavy atom. The van der Waals surface area contributed by atoms with E-state index in [2.05, 4.69) is 0 Å². The van der Waals surface area contributed by atoms with Gasteiger partial charge in [-0.1, -0.05) is 18.5 Å². The quantitative estimate of drug-likeness (QED) is 0.854. The summed E-state index contributed by atoms with van der Waals surface area (Å²) in [6.45, 7) is 1.19. The molecule has 116 valence electrons. The average Bonchev–Trinajstić information content (AvgIpc) is 2.77. The lowest BCUT2D eigenvalue weighted by molar-refractivity contribution is -0.142. The fourth-order valence-corrected chi connectivity index (χ4v) is 4.44. The van der Waals surface area contributed by atoms with Crippen molar-refractivity contribution in [3.05, 3.63) is 28.8 Å². The van der Waals surface area contributed by atoms with E-state index in [1.165, 1.54) is 0 Å². The van der Waals surface area contributed by atoms with E-state index < -0.39 is 49.4 Å². The van der Waals surface area contributed by atoms with Gasteiger partial charge in [0.1, 0.15) is 4.90 Å². The molecule has 9 heteroatoms. The van der Waals surface area contributed by atoms with Crippen LogP contribution in [0.15, 0.2) is 17.0 Å². The van der Waals surface area contributed by atoms with Crippen LogP contribution in [0.1, 0.15) is 6.92 Å². The van der Waals surface area contributed by atoms with Crippen LogP contribution in [0.2, 0.25) is 5.02 Å². The molecule has 0 saturated carbocycles. The average molecular weight is 340 g/mol. The second-order valence-electron chi connectivity index (χ2n) is 4.92. The van der Waals surface area contributed by atoms with Crippen LogP contribution >= 0.6 is 11.6 Å². The lowest BCUT2D eigenvalue weighted by Crippen LogP contribution is -2.31. The third-order valence-corrected chi connectivity index (χ3v) is 5.82. The van der Waals surface area contributed by atoms with Crippen LogP contribution < -0.4 is 0 Å². The summed E-state index contributed by atoms with van der Waals surface area (Å²) in [5.41, 5.74) is 0. The number of hydrogen-bond donors (Lipinski definition) is 1. The maximum Gasteiger partial charge on any atom is 0.308 e. The highest BCUT2D eigenvalue weighted by molar-refractivity contribution is 7.89. The molecule has 1 N–H and O–H groups in total. The molecule has 0 radical (unpaired) electrons. The van der Waals surface area contributed by atoms with Gasteiger partial charge in [0.05, 0.1) is 10.9 Å². The number of carboxylic acid groups (broad SMARTS) is 1. The van der Waals surface area contributed by atoms with Gasteiger partial charge in [-0.25, -0.2) is 17.2 Å². The second kappa shape index (κ2) is 5.51. The lowest BCUT2D eigenvalue weighted by Gasteiger charge is -2.17. The van der Waals surface area contributed by atoms with Crippen LogP contribution in [-0.2, 0) is 14.8 Å². The van der Waals surface area contributed by atoms with Gasteiger partial charge >= 0.3 is 5.97 Å². The first-order chi connectivity index (χ1) is 9.66. The number of nitrogens with zero attached hydrogens (tertiary/aromatic N) is 1. The van der Waals surface area contributed by atoms with Crippen molar-refractivity contribution in [2.24, 2.45) is 11.8 Å². The summed E-state index contributed by atoms with van der Waals surface area (Å²) in [4.78, 5) is 10.1. The number of carboxylic acids is 1. The van der Waals surface area contributed by atoms with Gasteiger partial charge in [-0.3, -0.25) is 4.79 Å². The highest BCUT2D eigenvalue weighted by atomic mass is 35.5. The van der Waals surface area contributed by atoms with Crippen LogP contribution in [0, 0.1) is 23.5 Å². The van der Waals surface area contributed by atoms with E-state index in [4.69, 9.17) is 16.7 Å². The standard InChI is InChI=1S/C12H12ClF2NO4S/c1-6-4-16(5-7(6)12(17)18)21(19,20)11-8(13)2-3-9(14)10(11)15/h2-3,6-7H,4-5H2,1H3,(H,17,18)/t6-,7-/m1/s1. The molecule has 1 aliphatic rings. The van der Waals surface area contributed by atoms with E-state index in [1.54, 1.807) is 6.92 Å². The molecule has 0 aliphatic carbocycles. The van der Waals surface area contributed by atoms with Gasteiger partial charge < -0.3 is 5.11 Å². The molecule has 5 nitrogen and oxygen atoms in total. The molecule has 0 spiro atoms. The van der Waals surface area contributed by atoms with E-state index >= 15 is 0 Å². The zero-order valence-electron chi connectivity index (χ0n) is 10.9. The number of aliphatic carboxylic acids is 1. The summed E-state index contributed by atoms with van der Waals surface area (Å²) in [5, 5.41) is 8.57. The number of halogens is 3. The van der Waals surface area contributed by atoms with Crippen molar-refractivity contribution in [2.45, 2.75) is 11.8 Å². The molecule has 0 bridgehead atoms. The summed E-state index contributed by atoms with van der Waals surface area (Å²) in [5.74, 6) is -5.36. The fraction of sp³-hybridized carbons (Fsp3) is 0.417. The maximum atomic E-state index is 13.8. The van der Waals surface area contributed by atoms with Gasteiger partial charge in [-0.15, -0.1) is 0 Å². The minimum Gasteiger partial charge on any atom is -0.481 e. The molecule has 1 saturated heterocycles. The first-order valence-corrected chi connectivity index (χ1v) is 7.84. The van der Waals surface area contributed by atoms with E-state index in [9.17, 15) is 22.0 Å². The SMILES string of the molecule is C[C@@H]1CN(S(=O)(=O)c2c(Cl)ccc(F)c2F)C[C@H]1C(=O)O. The minimum absolute atomic E-state index is 0.0917. The van der Waals surface area contributed by atoms with E-state index in [0.29, 0.717) is 0 Å². The number of hydrogen-bond acceptors (Lipinski definition) is 3. The molecule has 2 atom stereocenters. The van der Waals surface area contributed by atoms with Gasteiger partial charge in [-0.2, -0.15) is 4.31 Å². The molecule has 2 rings (SSSR count). The van der Waals surface area contributed by atoms with Crippen LogP contribution in [0.3, 0.4) is 0 Å². The molecule has 1 aromatic rings. The van der Waals surface area contributed by atoms with Crippen molar-refractivity contribution in [1.82, 2.24) is 4.31 Å². The Labute approximate surface area is 125 Å². The Hall–Kier alpha value is -1.25. The minimum atomic E-state index is -4.40. The molecule has 1 heterocycles. The Balaban J connectivity index is 2.46. The summed E-state index contributed by atoms with van der Waals surface area (Å²) >= 11 is 5.67. The zero-order chi connectivity index (χ0) is 15.9. The highest BCUT2D eigenvalue weighted by Gasteiger charge is 2.42. The third kappa shape index (κ3) is 2.75. The van der Waals surface area contributed by atoms with Crippen LogP contribution in [0.25, 0.3) is 0 Å². The van der Waals surface area contributed by atoms with Gasteiger partial charge in [0.15, 0.2) is 11.6 Å². The topological polar surface area (TPSA) is 74.7 Å². The van der Waals surface area contributed by atoms with Crippen molar-refractivity contribution in [2.75, 3.05) is 13.1 Å². The van der Waals surface area contributed by atoms with Gasteiger partial charge in [0.25, 0.3) is 0 Å². The number of rotatable bonds is 3. The van der Waals surface area contributed by atoms with Crippen LogP contribution in [-0.4, -0.2) is 36.9 Å².